The number of hydrogen-bond donors (Lipinski definition) is 1. The van der Waals surface area contributed by atoms with Gasteiger partial charge in [0.2, 0.25) is 0 Å². The largest absolute Gasteiger partial charge is 0.457 e. The fraction of sp³-hybridized carbons (Fsp3) is 0.133. The summed E-state index contributed by atoms with van der Waals surface area (Å²) < 4.78 is 18.2. The van der Waals surface area contributed by atoms with Crippen molar-refractivity contribution in [2.75, 3.05) is 5.73 Å². The minimum atomic E-state index is -0.476. The highest BCUT2D eigenvalue weighted by Gasteiger charge is 2.09. The van der Waals surface area contributed by atoms with E-state index in [9.17, 15) is 9.18 Å². The molecule has 0 aromatic heterocycles. The Hall–Kier alpha value is -2.36. The van der Waals surface area contributed by atoms with Crippen molar-refractivity contribution in [3.63, 3.8) is 0 Å². The van der Waals surface area contributed by atoms with E-state index in [4.69, 9.17) is 10.5 Å². The molecular formula is C15H14FNO2. The molecule has 0 bridgehead atoms. The van der Waals surface area contributed by atoms with Crippen molar-refractivity contribution in [1.29, 1.82) is 0 Å². The maximum absolute atomic E-state index is 13.1. The first-order valence-electron chi connectivity index (χ1n) is 5.84. The van der Waals surface area contributed by atoms with Gasteiger partial charge in [-0.1, -0.05) is 12.1 Å². The Morgan fingerprint density at radius 1 is 1.26 bits per heavy atom. The average molecular weight is 259 g/mol. The summed E-state index contributed by atoms with van der Waals surface area (Å²) in [4.78, 5) is 11.8. The monoisotopic (exact) mass is 259 g/mol. The maximum Gasteiger partial charge on any atom is 0.338 e. The van der Waals surface area contributed by atoms with Crippen LogP contribution in [-0.2, 0) is 11.3 Å². The molecule has 98 valence electrons. The van der Waals surface area contributed by atoms with Crippen molar-refractivity contribution < 1.29 is 13.9 Å². The average Bonchev–Trinajstić information content (AvgIpc) is 2.39. The second-order valence-electron chi connectivity index (χ2n) is 4.27. The molecule has 0 aliphatic carbocycles. The van der Waals surface area contributed by atoms with Crippen LogP contribution >= 0.6 is 0 Å². The molecule has 0 radical (unpaired) electrons. The number of carbonyl (C=O) groups excluding carboxylic acids is 1. The highest BCUT2D eigenvalue weighted by molar-refractivity contribution is 5.90. The second kappa shape index (κ2) is 5.52. The molecule has 0 aliphatic rings. The van der Waals surface area contributed by atoms with Gasteiger partial charge in [-0.2, -0.15) is 0 Å². The van der Waals surface area contributed by atoms with Crippen molar-refractivity contribution in [3.8, 4) is 0 Å². The molecule has 0 saturated carbocycles. The molecule has 19 heavy (non-hydrogen) atoms. The number of esters is 1. The number of hydrogen-bond acceptors (Lipinski definition) is 3. The minimum Gasteiger partial charge on any atom is -0.457 e. The number of ether oxygens (including phenoxy) is 1. The molecule has 2 aromatic rings. The molecule has 0 heterocycles. The third-order valence-corrected chi connectivity index (χ3v) is 2.79. The van der Waals surface area contributed by atoms with Crippen LogP contribution in [0.2, 0.25) is 0 Å². The molecule has 4 heteroatoms. The van der Waals surface area contributed by atoms with E-state index < -0.39 is 5.97 Å². The number of anilines is 1. The predicted octanol–water partition coefficient (Wildman–Crippen LogP) is 3.07. The van der Waals surface area contributed by atoms with E-state index in [1.165, 1.54) is 12.1 Å². The molecule has 0 aliphatic heterocycles. The van der Waals surface area contributed by atoms with Crippen LogP contribution in [0, 0.1) is 12.7 Å². The van der Waals surface area contributed by atoms with Gasteiger partial charge in [0.15, 0.2) is 0 Å². The Balaban J connectivity index is 2.06. The van der Waals surface area contributed by atoms with E-state index in [1.807, 2.05) is 6.92 Å². The summed E-state index contributed by atoms with van der Waals surface area (Å²) in [5, 5.41) is 0. The third-order valence-electron chi connectivity index (χ3n) is 2.79. The second-order valence-corrected chi connectivity index (χ2v) is 4.27. The Morgan fingerprint density at radius 3 is 2.79 bits per heavy atom. The molecule has 2 N–H and O–H groups in total. The third kappa shape index (κ3) is 3.31. The van der Waals surface area contributed by atoms with Gasteiger partial charge in [0.1, 0.15) is 12.4 Å². The Labute approximate surface area is 110 Å². The van der Waals surface area contributed by atoms with Gasteiger partial charge in [-0.3, -0.25) is 0 Å². The van der Waals surface area contributed by atoms with Gasteiger partial charge in [0.05, 0.1) is 5.56 Å². The summed E-state index contributed by atoms with van der Waals surface area (Å²) in [6.45, 7) is 1.88. The van der Waals surface area contributed by atoms with Gasteiger partial charge in [-0.25, -0.2) is 9.18 Å². The molecule has 0 unspecified atom stereocenters. The highest BCUT2D eigenvalue weighted by Crippen LogP contribution is 2.13. The predicted molar refractivity (Wildman–Crippen MR) is 71.1 cm³/mol. The maximum atomic E-state index is 13.1. The summed E-state index contributed by atoms with van der Waals surface area (Å²) in [7, 11) is 0. The molecule has 2 rings (SSSR count). The van der Waals surface area contributed by atoms with E-state index in [2.05, 4.69) is 0 Å². The number of nitrogens with two attached hydrogens (primary N) is 1. The zero-order chi connectivity index (χ0) is 13.8. The lowest BCUT2D eigenvalue weighted by atomic mass is 10.1. The summed E-state index contributed by atoms with van der Waals surface area (Å²) in [5.41, 5.74) is 8.00. The van der Waals surface area contributed by atoms with E-state index in [-0.39, 0.29) is 12.4 Å². The Kier molecular flexibility index (Phi) is 3.80. The molecule has 0 saturated heterocycles. The number of aryl methyl sites for hydroxylation is 1. The summed E-state index contributed by atoms with van der Waals surface area (Å²) in [5.74, 6) is -0.823. The van der Waals surface area contributed by atoms with Crippen molar-refractivity contribution in [2.45, 2.75) is 13.5 Å². The lowest BCUT2D eigenvalue weighted by Gasteiger charge is -2.08. The molecule has 3 nitrogen and oxygen atoms in total. The zero-order valence-corrected chi connectivity index (χ0v) is 10.5. The van der Waals surface area contributed by atoms with E-state index in [0.29, 0.717) is 16.8 Å². The SMILES string of the molecule is Cc1ccc(F)cc1COC(=O)c1cccc(N)c1. The lowest BCUT2D eigenvalue weighted by Crippen LogP contribution is -2.06. The Morgan fingerprint density at radius 2 is 2.05 bits per heavy atom. The summed E-state index contributed by atoms with van der Waals surface area (Å²) in [6.07, 6.45) is 0. The first kappa shape index (κ1) is 13.1. The van der Waals surface area contributed by atoms with Gasteiger partial charge >= 0.3 is 5.97 Å². The first-order valence-corrected chi connectivity index (χ1v) is 5.84. The van der Waals surface area contributed by atoms with Crippen LogP contribution in [0.3, 0.4) is 0 Å². The van der Waals surface area contributed by atoms with Crippen molar-refractivity contribution >= 4 is 11.7 Å². The van der Waals surface area contributed by atoms with Crippen LogP contribution in [0.4, 0.5) is 10.1 Å². The summed E-state index contributed by atoms with van der Waals surface area (Å²) in [6, 6.07) is 10.9. The smallest absolute Gasteiger partial charge is 0.338 e. The molecule has 0 amide bonds. The van der Waals surface area contributed by atoms with Gasteiger partial charge in [0, 0.05) is 5.69 Å². The summed E-state index contributed by atoms with van der Waals surface area (Å²) >= 11 is 0. The number of benzene rings is 2. The van der Waals surface area contributed by atoms with Crippen LogP contribution in [0.5, 0.6) is 0 Å². The number of halogens is 1. The van der Waals surface area contributed by atoms with E-state index >= 15 is 0 Å². The van der Waals surface area contributed by atoms with Crippen molar-refractivity contribution in [1.82, 2.24) is 0 Å². The lowest BCUT2D eigenvalue weighted by molar-refractivity contribution is 0.0472. The number of carbonyl (C=O) groups is 1. The fourth-order valence-electron chi connectivity index (χ4n) is 1.69. The van der Waals surface area contributed by atoms with Gasteiger partial charge in [-0.15, -0.1) is 0 Å². The van der Waals surface area contributed by atoms with Crippen LogP contribution in [0.15, 0.2) is 42.5 Å². The van der Waals surface area contributed by atoms with Crippen LogP contribution in [0.1, 0.15) is 21.5 Å². The standard InChI is InChI=1S/C15H14FNO2/c1-10-5-6-13(16)7-12(10)9-19-15(18)11-3-2-4-14(17)8-11/h2-8H,9,17H2,1H3. The number of nitrogen functional groups attached to an aromatic ring is 1. The topological polar surface area (TPSA) is 52.3 Å². The first-order chi connectivity index (χ1) is 9.06. The van der Waals surface area contributed by atoms with Gasteiger partial charge in [0.25, 0.3) is 0 Å². The minimum absolute atomic E-state index is 0.0389. The molecule has 0 atom stereocenters. The molecule has 2 aromatic carbocycles. The van der Waals surface area contributed by atoms with Crippen LogP contribution in [-0.4, -0.2) is 5.97 Å². The zero-order valence-electron chi connectivity index (χ0n) is 10.5. The molecular weight excluding hydrogens is 245 g/mol. The van der Waals surface area contributed by atoms with Crippen molar-refractivity contribution in [2.24, 2.45) is 0 Å². The quantitative estimate of drug-likeness (QED) is 0.680. The molecule has 0 fully saturated rings. The van der Waals surface area contributed by atoms with Gasteiger partial charge < -0.3 is 10.5 Å². The van der Waals surface area contributed by atoms with Crippen molar-refractivity contribution in [3.05, 3.63) is 65.0 Å². The number of rotatable bonds is 3. The van der Waals surface area contributed by atoms with E-state index in [0.717, 1.165) is 5.56 Å². The molecule has 0 spiro atoms. The van der Waals surface area contributed by atoms with Gasteiger partial charge in [-0.05, 0) is 48.4 Å². The Bertz CT molecular complexity index is 611. The van der Waals surface area contributed by atoms with Crippen LogP contribution < -0.4 is 5.73 Å². The van der Waals surface area contributed by atoms with Crippen LogP contribution in [0.25, 0.3) is 0 Å². The van der Waals surface area contributed by atoms with E-state index in [1.54, 1.807) is 30.3 Å². The normalized spacial score (nSPS) is 10.2. The fourth-order valence-corrected chi connectivity index (χ4v) is 1.69. The highest BCUT2D eigenvalue weighted by atomic mass is 19.1.